The molecular weight excluding hydrogens is 256 g/mol. The van der Waals surface area contributed by atoms with Gasteiger partial charge >= 0.3 is 0 Å². The maximum atomic E-state index is 9.55. The Hall–Kier alpha value is -1.73. The Bertz CT molecular complexity index is 602. The fourth-order valence-corrected chi connectivity index (χ4v) is 2.61. The smallest absolute Gasteiger partial charge is 0.163 e. The van der Waals surface area contributed by atoms with Crippen molar-refractivity contribution in [3.8, 4) is 0 Å². The summed E-state index contributed by atoms with van der Waals surface area (Å²) in [5.74, 6) is 1.61. The highest BCUT2D eigenvalue weighted by Gasteiger charge is 2.19. The van der Waals surface area contributed by atoms with E-state index in [9.17, 15) is 5.11 Å². The maximum Gasteiger partial charge on any atom is 0.163 e. The van der Waals surface area contributed by atoms with E-state index in [1.54, 1.807) is 10.9 Å². The van der Waals surface area contributed by atoms with E-state index in [0.717, 1.165) is 48.6 Å². The second-order valence-electron chi connectivity index (χ2n) is 5.25. The van der Waals surface area contributed by atoms with Gasteiger partial charge < -0.3 is 10.4 Å². The minimum atomic E-state index is -0.153. The average molecular weight is 276 g/mol. The van der Waals surface area contributed by atoms with Crippen molar-refractivity contribution >= 4 is 16.9 Å². The first kappa shape index (κ1) is 13.3. The molecule has 7 nitrogen and oxygen atoms in total. The number of fused-ring (bicyclic) bond motifs is 1. The van der Waals surface area contributed by atoms with E-state index >= 15 is 0 Å². The van der Waals surface area contributed by atoms with Crippen molar-refractivity contribution in [2.75, 3.05) is 25.5 Å². The highest BCUT2D eigenvalue weighted by atomic mass is 16.3. The number of aromatic nitrogens is 4. The fraction of sp³-hybridized carbons (Fsp3) is 0.615. The Morgan fingerprint density at radius 3 is 2.80 bits per heavy atom. The van der Waals surface area contributed by atoms with Gasteiger partial charge in [0.1, 0.15) is 11.6 Å². The summed E-state index contributed by atoms with van der Waals surface area (Å²) in [6.45, 7) is 2.49. The summed E-state index contributed by atoms with van der Waals surface area (Å²) in [5.41, 5.74) is 0.844. The Labute approximate surface area is 117 Å². The van der Waals surface area contributed by atoms with Gasteiger partial charge in [0.25, 0.3) is 0 Å². The fourth-order valence-electron chi connectivity index (χ4n) is 2.61. The first-order chi connectivity index (χ1) is 9.67. The van der Waals surface area contributed by atoms with Crippen LogP contribution in [0.5, 0.6) is 0 Å². The van der Waals surface area contributed by atoms with E-state index in [4.69, 9.17) is 0 Å². The van der Waals surface area contributed by atoms with E-state index in [1.165, 1.54) is 0 Å². The first-order valence-electron chi connectivity index (χ1n) is 6.94. The van der Waals surface area contributed by atoms with Crippen LogP contribution in [0, 0.1) is 0 Å². The van der Waals surface area contributed by atoms with Crippen LogP contribution in [0.15, 0.2) is 6.20 Å². The highest BCUT2D eigenvalue weighted by molar-refractivity contribution is 5.86. The number of nitrogens with zero attached hydrogens (tertiary/aromatic N) is 5. The molecule has 0 aromatic carbocycles. The summed E-state index contributed by atoms with van der Waals surface area (Å²) in [5, 5.41) is 17.8. The third-order valence-electron chi connectivity index (χ3n) is 3.80. The molecule has 20 heavy (non-hydrogen) atoms. The van der Waals surface area contributed by atoms with Gasteiger partial charge in [0.05, 0.1) is 24.2 Å². The first-order valence-corrected chi connectivity index (χ1v) is 6.94. The molecule has 0 amide bonds. The third kappa shape index (κ3) is 2.46. The van der Waals surface area contributed by atoms with Gasteiger partial charge in [-0.25, -0.2) is 9.97 Å². The second-order valence-corrected chi connectivity index (χ2v) is 5.25. The lowest BCUT2D eigenvalue weighted by atomic mass is 10.1. The standard InChI is InChI=1S/C13H20N6O/c1-14-12-10-7-15-18(2)13(10)17-11(16-12)8-19-5-3-9(20)4-6-19/h7,9,20H,3-6,8H2,1-2H3,(H,14,16,17). The van der Waals surface area contributed by atoms with Crippen molar-refractivity contribution in [1.29, 1.82) is 0 Å². The summed E-state index contributed by atoms with van der Waals surface area (Å²) < 4.78 is 1.77. The van der Waals surface area contributed by atoms with Crippen LogP contribution < -0.4 is 5.32 Å². The van der Waals surface area contributed by atoms with Gasteiger partial charge in [0, 0.05) is 27.2 Å². The van der Waals surface area contributed by atoms with Crippen molar-refractivity contribution in [1.82, 2.24) is 24.6 Å². The Morgan fingerprint density at radius 1 is 1.35 bits per heavy atom. The zero-order chi connectivity index (χ0) is 14.1. The lowest BCUT2D eigenvalue weighted by Gasteiger charge is -2.28. The zero-order valence-electron chi connectivity index (χ0n) is 11.9. The molecule has 1 saturated heterocycles. The number of aliphatic hydroxyl groups is 1. The van der Waals surface area contributed by atoms with Crippen molar-refractivity contribution in [2.45, 2.75) is 25.5 Å². The van der Waals surface area contributed by atoms with Gasteiger partial charge in [0.2, 0.25) is 0 Å². The number of likely N-dealkylation sites (tertiary alicyclic amines) is 1. The van der Waals surface area contributed by atoms with Crippen molar-refractivity contribution < 1.29 is 5.11 Å². The lowest BCUT2D eigenvalue weighted by Crippen LogP contribution is -2.35. The number of anilines is 1. The van der Waals surface area contributed by atoms with Gasteiger partial charge in [-0.15, -0.1) is 0 Å². The Morgan fingerprint density at radius 2 is 2.10 bits per heavy atom. The molecule has 0 radical (unpaired) electrons. The van der Waals surface area contributed by atoms with Gasteiger partial charge in [-0.05, 0) is 12.8 Å². The Balaban J connectivity index is 1.86. The Kier molecular flexibility index (Phi) is 3.54. The molecule has 1 aliphatic rings. The molecule has 7 heteroatoms. The number of aliphatic hydroxyl groups excluding tert-OH is 1. The van der Waals surface area contributed by atoms with Crippen LogP contribution in [-0.4, -0.2) is 56.0 Å². The summed E-state index contributed by atoms with van der Waals surface area (Å²) in [6, 6.07) is 0. The van der Waals surface area contributed by atoms with Crippen LogP contribution in [0.3, 0.4) is 0 Å². The minimum Gasteiger partial charge on any atom is -0.393 e. The molecule has 0 bridgehead atoms. The maximum absolute atomic E-state index is 9.55. The van der Waals surface area contributed by atoms with Gasteiger partial charge in [-0.3, -0.25) is 9.58 Å². The van der Waals surface area contributed by atoms with E-state index in [0.29, 0.717) is 6.54 Å². The third-order valence-corrected chi connectivity index (χ3v) is 3.80. The average Bonchev–Trinajstić information content (AvgIpc) is 2.82. The predicted molar refractivity (Wildman–Crippen MR) is 76.4 cm³/mol. The number of hydrogen-bond acceptors (Lipinski definition) is 6. The molecule has 0 saturated carbocycles. The number of hydrogen-bond donors (Lipinski definition) is 2. The summed E-state index contributed by atoms with van der Waals surface area (Å²) in [6.07, 6.45) is 3.28. The highest BCUT2D eigenvalue weighted by Crippen LogP contribution is 2.20. The van der Waals surface area contributed by atoms with Crippen LogP contribution >= 0.6 is 0 Å². The molecule has 3 heterocycles. The molecular formula is C13H20N6O. The summed E-state index contributed by atoms with van der Waals surface area (Å²) in [7, 11) is 3.74. The topological polar surface area (TPSA) is 79.1 Å². The van der Waals surface area contributed by atoms with Crippen molar-refractivity contribution in [3.63, 3.8) is 0 Å². The van der Waals surface area contributed by atoms with E-state index < -0.39 is 0 Å². The van der Waals surface area contributed by atoms with Crippen LogP contribution in [0.4, 0.5) is 5.82 Å². The molecule has 1 fully saturated rings. The van der Waals surface area contributed by atoms with Crippen LogP contribution in [0.25, 0.3) is 11.0 Å². The van der Waals surface area contributed by atoms with Crippen molar-refractivity contribution in [3.05, 3.63) is 12.0 Å². The largest absolute Gasteiger partial charge is 0.393 e. The van der Waals surface area contributed by atoms with Gasteiger partial charge in [-0.1, -0.05) is 0 Å². The molecule has 0 spiro atoms. The molecule has 2 N–H and O–H groups in total. The number of nitrogens with one attached hydrogen (secondary N) is 1. The van der Waals surface area contributed by atoms with Gasteiger partial charge in [-0.2, -0.15) is 5.10 Å². The molecule has 2 aromatic rings. The normalized spacial score (nSPS) is 17.8. The SMILES string of the molecule is CNc1nc(CN2CCC(O)CC2)nc2c1cnn2C. The summed E-state index contributed by atoms with van der Waals surface area (Å²) in [4.78, 5) is 11.4. The predicted octanol–water partition coefficient (Wildman–Crippen LogP) is 0.362. The summed E-state index contributed by atoms with van der Waals surface area (Å²) >= 11 is 0. The van der Waals surface area contributed by atoms with Crippen LogP contribution in [-0.2, 0) is 13.6 Å². The zero-order valence-corrected chi connectivity index (χ0v) is 11.9. The number of rotatable bonds is 3. The molecule has 0 aliphatic carbocycles. The molecule has 2 aromatic heterocycles. The van der Waals surface area contributed by atoms with E-state index in [2.05, 4.69) is 25.3 Å². The molecule has 3 rings (SSSR count). The number of aryl methyl sites for hydroxylation is 1. The molecule has 0 atom stereocenters. The molecule has 108 valence electrons. The van der Waals surface area contributed by atoms with Crippen LogP contribution in [0.2, 0.25) is 0 Å². The molecule has 1 aliphatic heterocycles. The lowest BCUT2D eigenvalue weighted by molar-refractivity contribution is 0.0781. The second kappa shape index (κ2) is 5.34. The quantitative estimate of drug-likeness (QED) is 0.843. The van der Waals surface area contributed by atoms with Crippen molar-refractivity contribution in [2.24, 2.45) is 7.05 Å². The van der Waals surface area contributed by atoms with E-state index in [-0.39, 0.29) is 6.10 Å². The van der Waals surface area contributed by atoms with Crippen LogP contribution in [0.1, 0.15) is 18.7 Å². The van der Waals surface area contributed by atoms with E-state index in [1.807, 2.05) is 14.1 Å². The number of piperidine rings is 1. The monoisotopic (exact) mass is 276 g/mol. The van der Waals surface area contributed by atoms with Gasteiger partial charge in [0.15, 0.2) is 5.65 Å². The minimum absolute atomic E-state index is 0.153. The molecule has 0 unspecified atom stereocenters.